The zero-order valence-electron chi connectivity index (χ0n) is 11.6. The van der Waals surface area contributed by atoms with Crippen LogP contribution in [0, 0.1) is 11.3 Å². The van der Waals surface area contributed by atoms with E-state index in [2.05, 4.69) is 5.32 Å². The molecular formula is C14H14F3N3O2. The minimum atomic E-state index is -4.77. The maximum absolute atomic E-state index is 12.7. The van der Waals surface area contributed by atoms with Crippen molar-refractivity contribution in [3.8, 4) is 6.07 Å². The summed E-state index contributed by atoms with van der Waals surface area (Å²) >= 11 is 0. The third-order valence-electron chi connectivity index (χ3n) is 3.69. The standard InChI is InChI=1S/C14H14F3N3O2/c15-14(16,17)10-4-3-7-20(12(10)22)8-11(21)19-13(9-18)5-1-2-6-13/h3-4,7H,1-2,5-6,8H2,(H,19,21). The molecule has 1 saturated carbocycles. The second kappa shape index (κ2) is 5.83. The first-order valence-electron chi connectivity index (χ1n) is 6.76. The number of alkyl halides is 3. The number of nitriles is 1. The first kappa shape index (κ1) is 16.1. The first-order valence-corrected chi connectivity index (χ1v) is 6.76. The molecule has 1 aromatic heterocycles. The average molecular weight is 313 g/mol. The highest BCUT2D eigenvalue weighted by atomic mass is 19.4. The van der Waals surface area contributed by atoms with Gasteiger partial charge < -0.3 is 9.88 Å². The van der Waals surface area contributed by atoms with Gasteiger partial charge in [-0.2, -0.15) is 18.4 Å². The van der Waals surface area contributed by atoms with Gasteiger partial charge in [0.2, 0.25) is 5.91 Å². The van der Waals surface area contributed by atoms with E-state index in [4.69, 9.17) is 5.26 Å². The predicted octanol–water partition coefficient (Wildman–Crippen LogP) is 1.82. The van der Waals surface area contributed by atoms with Crippen molar-refractivity contribution in [1.29, 1.82) is 5.26 Å². The van der Waals surface area contributed by atoms with Gasteiger partial charge in [0.15, 0.2) is 0 Å². The molecule has 22 heavy (non-hydrogen) atoms. The second-order valence-electron chi connectivity index (χ2n) is 5.30. The van der Waals surface area contributed by atoms with E-state index in [1.54, 1.807) is 0 Å². The summed E-state index contributed by atoms with van der Waals surface area (Å²) in [5.74, 6) is -0.648. The van der Waals surface area contributed by atoms with Crippen LogP contribution in [0.4, 0.5) is 13.2 Å². The Morgan fingerprint density at radius 1 is 1.41 bits per heavy atom. The molecule has 8 heteroatoms. The molecule has 0 aliphatic heterocycles. The summed E-state index contributed by atoms with van der Waals surface area (Å²) in [6.45, 7) is -0.549. The number of aromatic nitrogens is 1. The van der Waals surface area contributed by atoms with Crippen molar-refractivity contribution in [2.24, 2.45) is 0 Å². The van der Waals surface area contributed by atoms with Gasteiger partial charge in [0.05, 0.1) is 6.07 Å². The molecule has 0 spiro atoms. The number of carbonyl (C=O) groups is 1. The van der Waals surface area contributed by atoms with Gasteiger partial charge in [0.25, 0.3) is 5.56 Å². The quantitative estimate of drug-likeness (QED) is 0.925. The fraction of sp³-hybridized carbons (Fsp3) is 0.500. The van der Waals surface area contributed by atoms with E-state index in [9.17, 15) is 22.8 Å². The van der Waals surface area contributed by atoms with Crippen LogP contribution >= 0.6 is 0 Å². The van der Waals surface area contributed by atoms with Crippen molar-refractivity contribution in [1.82, 2.24) is 9.88 Å². The molecule has 0 unspecified atom stereocenters. The third-order valence-corrected chi connectivity index (χ3v) is 3.69. The van der Waals surface area contributed by atoms with Gasteiger partial charge in [-0.3, -0.25) is 9.59 Å². The molecule has 5 nitrogen and oxygen atoms in total. The number of hydrogen-bond acceptors (Lipinski definition) is 3. The molecule has 1 fully saturated rings. The zero-order valence-corrected chi connectivity index (χ0v) is 11.6. The zero-order chi connectivity index (χ0) is 16.4. The van der Waals surface area contributed by atoms with Crippen molar-refractivity contribution in [3.63, 3.8) is 0 Å². The number of nitrogens with one attached hydrogen (secondary N) is 1. The number of hydrogen-bond donors (Lipinski definition) is 1. The van der Waals surface area contributed by atoms with Crippen LogP contribution in [0.15, 0.2) is 23.1 Å². The number of rotatable bonds is 3. The molecule has 0 radical (unpaired) electrons. The summed E-state index contributed by atoms with van der Waals surface area (Å²) in [6, 6.07) is 3.78. The number of pyridine rings is 1. The van der Waals surface area contributed by atoms with Gasteiger partial charge in [0, 0.05) is 6.20 Å². The van der Waals surface area contributed by atoms with E-state index in [1.165, 1.54) is 0 Å². The summed E-state index contributed by atoms with van der Waals surface area (Å²) in [6.07, 6.45) is -1.03. The number of amides is 1. The fourth-order valence-electron chi connectivity index (χ4n) is 2.58. The molecule has 1 amide bonds. The number of halogens is 3. The molecule has 0 bridgehead atoms. The van der Waals surface area contributed by atoms with E-state index in [1.807, 2.05) is 6.07 Å². The summed E-state index contributed by atoms with van der Waals surface area (Å²) < 4.78 is 38.6. The largest absolute Gasteiger partial charge is 0.421 e. The highest BCUT2D eigenvalue weighted by molar-refractivity contribution is 5.77. The van der Waals surface area contributed by atoms with Crippen molar-refractivity contribution in [2.75, 3.05) is 0 Å². The molecule has 1 aromatic rings. The Labute approximate surface area is 124 Å². The van der Waals surface area contributed by atoms with Crippen LogP contribution in [0.1, 0.15) is 31.2 Å². The Bertz CT molecular complexity index is 667. The minimum Gasteiger partial charge on any atom is -0.336 e. The lowest BCUT2D eigenvalue weighted by atomic mass is 10.00. The number of nitrogens with zero attached hydrogens (tertiary/aromatic N) is 2. The Balaban J connectivity index is 2.16. The molecule has 0 saturated heterocycles. The van der Waals surface area contributed by atoms with Crippen molar-refractivity contribution >= 4 is 5.91 Å². The van der Waals surface area contributed by atoms with E-state index >= 15 is 0 Å². The SMILES string of the molecule is N#CC1(NC(=O)Cn2cccc(C(F)(F)F)c2=O)CCCC1. The maximum atomic E-state index is 12.7. The Hall–Kier alpha value is -2.30. The van der Waals surface area contributed by atoms with Crippen molar-refractivity contribution in [2.45, 2.75) is 43.9 Å². The first-order chi connectivity index (χ1) is 10.3. The smallest absolute Gasteiger partial charge is 0.336 e. The van der Waals surface area contributed by atoms with E-state index in [0.29, 0.717) is 23.5 Å². The van der Waals surface area contributed by atoms with Crippen LogP contribution in [-0.4, -0.2) is 16.0 Å². The van der Waals surface area contributed by atoms with Gasteiger partial charge in [-0.1, -0.05) is 0 Å². The molecule has 1 heterocycles. The molecule has 2 rings (SSSR count). The lowest BCUT2D eigenvalue weighted by Gasteiger charge is -2.22. The highest BCUT2D eigenvalue weighted by Gasteiger charge is 2.36. The molecule has 1 aliphatic carbocycles. The third kappa shape index (κ3) is 3.30. The van der Waals surface area contributed by atoms with E-state index in [0.717, 1.165) is 25.1 Å². The molecule has 0 atom stereocenters. The molecular weight excluding hydrogens is 299 g/mol. The van der Waals surface area contributed by atoms with Gasteiger partial charge in [-0.25, -0.2) is 0 Å². The van der Waals surface area contributed by atoms with Gasteiger partial charge in [0.1, 0.15) is 17.6 Å². The second-order valence-corrected chi connectivity index (χ2v) is 5.30. The Kier molecular flexibility index (Phi) is 4.26. The minimum absolute atomic E-state index is 0.507. The van der Waals surface area contributed by atoms with E-state index < -0.39 is 35.3 Å². The van der Waals surface area contributed by atoms with Gasteiger partial charge >= 0.3 is 6.18 Å². The monoisotopic (exact) mass is 313 g/mol. The van der Waals surface area contributed by atoms with Crippen LogP contribution in [-0.2, 0) is 17.5 Å². The summed E-state index contributed by atoms with van der Waals surface area (Å²) in [4.78, 5) is 23.7. The van der Waals surface area contributed by atoms with Crippen LogP contribution in [0.25, 0.3) is 0 Å². The van der Waals surface area contributed by atoms with Gasteiger partial charge in [-0.15, -0.1) is 0 Å². The van der Waals surface area contributed by atoms with Crippen LogP contribution in [0.5, 0.6) is 0 Å². The fourth-order valence-corrected chi connectivity index (χ4v) is 2.58. The summed E-state index contributed by atoms with van der Waals surface area (Å²) in [7, 11) is 0. The number of carbonyl (C=O) groups excluding carboxylic acids is 1. The molecule has 1 aliphatic rings. The maximum Gasteiger partial charge on any atom is 0.421 e. The normalized spacial score (nSPS) is 17.0. The average Bonchev–Trinajstić information content (AvgIpc) is 2.89. The topological polar surface area (TPSA) is 74.9 Å². The lowest BCUT2D eigenvalue weighted by Crippen LogP contribution is -2.47. The van der Waals surface area contributed by atoms with Crippen molar-refractivity contribution < 1.29 is 18.0 Å². The summed E-state index contributed by atoms with van der Waals surface area (Å²) in [5, 5.41) is 11.7. The van der Waals surface area contributed by atoms with Crippen LogP contribution in [0.2, 0.25) is 0 Å². The highest BCUT2D eigenvalue weighted by Crippen LogP contribution is 2.29. The molecule has 118 valence electrons. The Morgan fingerprint density at radius 2 is 2.05 bits per heavy atom. The predicted molar refractivity (Wildman–Crippen MR) is 70.7 cm³/mol. The van der Waals surface area contributed by atoms with Crippen LogP contribution < -0.4 is 10.9 Å². The molecule has 0 aromatic carbocycles. The Morgan fingerprint density at radius 3 is 2.59 bits per heavy atom. The van der Waals surface area contributed by atoms with E-state index in [-0.39, 0.29) is 0 Å². The molecule has 1 N–H and O–H groups in total. The lowest BCUT2D eigenvalue weighted by molar-refractivity contribution is -0.139. The van der Waals surface area contributed by atoms with Crippen molar-refractivity contribution in [3.05, 3.63) is 34.2 Å². The summed E-state index contributed by atoms with van der Waals surface area (Å²) in [5.41, 5.74) is -3.57. The van der Waals surface area contributed by atoms with Gasteiger partial charge in [-0.05, 0) is 37.8 Å². The van der Waals surface area contributed by atoms with Crippen LogP contribution in [0.3, 0.4) is 0 Å².